The fourth-order valence-corrected chi connectivity index (χ4v) is 2.49. The van der Waals surface area contributed by atoms with Crippen LogP contribution in [0.4, 0.5) is 0 Å². The molecule has 18 heavy (non-hydrogen) atoms. The molecule has 0 aromatic carbocycles. The van der Waals surface area contributed by atoms with Gasteiger partial charge in [0, 0.05) is 18.8 Å². The van der Waals surface area contributed by atoms with Crippen LogP contribution in [0, 0.1) is 23.7 Å². The summed E-state index contributed by atoms with van der Waals surface area (Å²) in [6.45, 7) is 8.06. The Kier molecular flexibility index (Phi) is 5.24. The number of hydrogen-bond donors (Lipinski definition) is 0. The second kappa shape index (κ2) is 6.26. The lowest BCUT2D eigenvalue weighted by Crippen LogP contribution is -2.27. The van der Waals surface area contributed by atoms with Gasteiger partial charge >= 0.3 is 0 Å². The highest BCUT2D eigenvalue weighted by Crippen LogP contribution is 2.30. The zero-order valence-electron chi connectivity index (χ0n) is 11.9. The number of ketones is 3. The molecular weight excluding hydrogens is 228 g/mol. The molecule has 0 aromatic rings. The molecule has 0 amide bonds. The fraction of sp³-hybridized carbons (Fsp3) is 0.800. The largest absolute Gasteiger partial charge is 0.298 e. The molecule has 2 unspecified atom stereocenters. The van der Waals surface area contributed by atoms with Crippen LogP contribution in [-0.4, -0.2) is 17.3 Å². The quantitative estimate of drug-likeness (QED) is 0.683. The predicted octanol–water partition coefficient (Wildman–Crippen LogP) is 2.81. The van der Waals surface area contributed by atoms with Crippen molar-refractivity contribution in [3.8, 4) is 0 Å². The van der Waals surface area contributed by atoms with E-state index >= 15 is 0 Å². The minimum atomic E-state index is -0.940. The maximum absolute atomic E-state index is 12.1. The van der Waals surface area contributed by atoms with E-state index < -0.39 is 5.92 Å². The molecule has 0 aliphatic heterocycles. The normalized spacial score (nSPS) is 24.3. The lowest BCUT2D eigenvalue weighted by atomic mass is 9.90. The highest BCUT2D eigenvalue weighted by atomic mass is 16.2. The first-order valence-corrected chi connectivity index (χ1v) is 6.92. The summed E-state index contributed by atoms with van der Waals surface area (Å²) in [5, 5.41) is 0. The molecule has 1 aliphatic carbocycles. The van der Waals surface area contributed by atoms with Crippen molar-refractivity contribution in [1.29, 1.82) is 0 Å². The number of carbonyl (C=O) groups is 3. The van der Waals surface area contributed by atoms with E-state index in [1.165, 1.54) is 0 Å². The zero-order chi connectivity index (χ0) is 13.9. The zero-order valence-corrected chi connectivity index (χ0v) is 11.9. The Morgan fingerprint density at radius 1 is 1.17 bits per heavy atom. The van der Waals surface area contributed by atoms with Crippen LogP contribution in [0.1, 0.15) is 53.4 Å². The summed E-state index contributed by atoms with van der Waals surface area (Å²) in [6.07, 6.45) is 2.29. The van der Waals surface area contributed by atoms with Crippen molar-refractivity contribution in [2.75, 3.05) is 0 Å². The average Bonchev–Trinajstić information content (AvgIpc) is 2.49. The van der Waals surface area contributed by atoms with Crippen LogP contribution >= 0.6 is 0 Å². The summed E-state index contributed by atoms with van der Waals surface area (Å²) in [7, 11) is 0. The van der Waals surface area contributed by atoms with Gasteiger partial charge in [-0.2, -0.15) is 0 Å². The Bertz CT molecular complexity index is 342. The van der Waals surface area contributed by atoms with Gasteiger partial charge < -0.3 is 0 Å². The average molecular weight is 252 g/mol. The maximum Gasteiger partial charge on any atom is 0.154 e. The molecule has 2 atom stereocenters. The maximum atomic E-state index is 12.1. The third-order valence-corrected chi connectivity index (χ3v) is 3.48. The molecular formula is C15H24O3. The molecule has 1 aliphatic rings. The van der Waals surface area contributed by atoms with Gasteiger partial charge in [-0.25, -0.2) is 0 Å². The Morgan fingerprint density at radius 2 is 1.78 bits per heavy atom. The molecule has 1 fully saturated rings. The molecule has 0 spiro atoms. The lowest BCUT2D eigenvalue weighted by molar-refractivity contribution is -0.137. The Balaban J connectivity index is 2.64. The lowest BCUT2D eigenvalue weighted by Gasteiger charge is -2.11. The molecule has 0 saturated heterocycles. The van der Waals surface area contributed by atoms with Crippen LogP contribution in [0.3, 0.4) is 0 Å². The molecule has 3 heteroatoms. The summed E-state index contributed by atoms with van der Waals surface area (Å²) in [4.78, 5) is 35.8. The minimum Gasteiger partial charge on any atom is -0.298 e. The van der Waals surface area contributed by atoms with E-state index in [9.17, 15) is 14.4 Å². The van der Waals surface area contributed by atoms with E-state index in [1.54, 1.807) is 0 Å². The first kappa shape index (κ1) is 15.1. The predicted molar refractivity (Wildman–Crippen MR) is 70.1 cm³/mol. The minimum absolute atomic E-state index is 0.119. The van der Waals surface area contributed by atoms with E-state index in [1.807, 2.05) is 13.8 Å². The summed E-state index contributed by atoms with van der Waals surface area (Å²) in [5.74, 6) is -0.866. The van der Waals surface area contributed by atoms with Gasteiger partial charge in [-0.3, -0.25) is 14.4 Å². The van der Waals surface area contributed by atoms with Crippen molar-refractivity contribution < 1.29 is 14.4 Å². The highest BCUT2D eigenvalue weighted by molar-refractivity contribution is 6.24. The summed E-state index contributed by atoms with van der Waals surface area (Å²) < 4.78 is 0. The topological polar surface area (TPSA) is 51.2 Å². The van der Waals surface area contributed by atoms with Gasteiger partial charge in [0.2, 0.25) is 0 Å². The van der Waals surface area contributed by atoms with Crippen molar-refractivity contribution in [2.45, 2.75) is 53.4 Å². The SMILES string of the molecule is CC(C)CCC1CC(=O)C(C(=O)CC(C)C)C1=O. The van der Waals surface area contributed by atoms with Crippen LogP contribution in [-0.2, 0) is 14.4 Å². The van der Waals surface area contributed by atoms with Crippen LogP contribution in [0.25, 0.3) is 0 Å². The smallest absolute Gasteiger partial charge is 0.154 e. The van der Waals surface area contributed by atoms with Gasteiger partial charge in [0.15, 0.2) is 17.3 Å². The third-order valence-electron chi connectivity index (χ3n) is 3.48. The highest BCUT2D eigenvalue weighted by Gasteiger charge is 2.44. The number of rotatable bonds is 6. The van der Waals surface area contributed by atoms with E-state index in [2.05, 4.69) is 13.8 Å². The van der Waals surface area contributed by atoms with Gasteiger partial charge in [0.05, 0.1) is 0 Å². The summed E-state index contributed by atoms with van der Waals surface area (Å²) in [5.41, 5.74) is 0. The second-order valence-corrected chi connectivity index (χ2v) is 6.24. The van der Waals surface area contributed by atoms with Crippen LogP contribution in [0.5, 0.6) is 0 Å². The molecule has 0 N–H and O–H groups in total. The Hall–Kier alpha value is -0.990. The van der Waals surface area contributed by atoms with Gasteiger partial charge in [0.1, 0.15) is 5.92 Å². The second-order valence-electron chi connectivity index (χ2n) is 6.24. The van der Waals surface area contributed by atoms with Gasteiger partial charge in [-0.05, 0) is 18.3 Å². The number of Topliss-reactive ketones (excluding diaryl/α,β-unsaturated/α-hetero) is 3. The molecule has 0 radical (unpaired) electrons. The third kappa shape index (κ3) is 3.76. The van der Waals surface area contributed by atoms with Crippen LogP contribution in [0.2, 0.25) is 0 Å². The van der Waals surface area contributed by atoms with Crippen molar-refractivity contribution in [2.24, 2.45) is 23.7 Å². The van der Waals surface area contributed by atoms with Crippen LogP contribution < -0.4 is 0 Å². The van der Waals surface area contributed by atoms with Gasteiger partial charge in [0.25, 0.3) is 0 Å². The Morgan fingerprint density at radius 3 is 2.28 bits per heavy atom. The molecule has 1 rings (SSSR count). The molecule has 1 saturated carbocycles. The summed E-state index contributed by atoms with van der Waals surface area (Å²) >= 11 is 0. The fourth-order valence-electron chi connectivity index (χ4n) is 2.49. The molecule has 0 heterocycles. The first-order chi connectivity index (χ1) is 8.32. The van der Waals surface area contributed by atoms with E-state index in [4.69, 9.17) is 0 Å². The molecule has 3 nitrogen and oxygen atoms in total. The molecule has 0 aromatic heterocycles. The van der Waals surface area contributed by atoms with Crippen molar-refractivity contribution >= 4 is 17.3 Å². The Labute approximate surface area is 109 Å². The van der Waals surface area contributed by atoms with E-state index in [0.717, 1.165) is 12.8 Å². The monoisotopic (exact) mass is 252 g/mol. The number of carbonyl (C=O) groups excluding carboxylic acids is 3. The summed E-state index contributed by atoms with van der Waals surface area (Å²) in [6, 6.07) is 0. The van der Waals surface area contributed by atoms with Crippen LogP contribution in [0.15, 0.2) is 0 Å². The van der Waals surface area contributed by atoms with Gasteiger partial charge in [-0.15, -0.1) is 0 Å². The van der Waals surface area contributed by atoms with Crippen molar-refractivity contribution in [3.05, 3.63) is 0 Å². The first-order valence-electron chi connectivity index (χ1n) is 6.92. The van der Waals surface area contributed by atoms with Gasteiger partial charge in [-0.1, -0.05) is 34.1 Å². The van der Waals surface area contributed by atoms with E-state index in [-0.39, 0.29) is 35.6 Å². The standard InChI is InChI=1S/C15H24O3/c1-9(2)5-6-11-8-13(17)14(15(11)18)12(16)7-10(3)4/h9-11,14H,5-8H2,1-4H3. The number of hydrogen-bond acceptors (Lipinski definition) is 3. The molecule has 0 bridgehead atoms. The van der Waals surface area contributed by atoms with Crippen molar-refractivity contribution in [3.63, 3.8) is 0 Å². The van der Waals surface area contributed by atoms with E-state index in [0.29, 0.717) is 12.3 Å². The molecule has 102 valence electrons. The van der Waals surface area contributed by atoms with Crippen molar-refractivity contribution in [1.82, 2.24) is 0 Å².